The van der Waals surface area contributed by atoms with Gasteiger partial charge in [0.05, 0.1) is 22.6 Å². The van der Waals surface area contributed by atoms with Gasteiger partial charge < -0.3 is 24.4 Å². The number of rotatable bonds is 6. The third-order valence-corrected chi connectivity index (χ3v) is 11.1. The fourth-order valence-corrected chi connectivity index (χ4v) is 8.13. The highest BCUT2D eigenvalue weighted by molar-refractivity contribution is 6.09. The molecule has 1 fully saturated rings. The van der Waals surface area contributed by atoms with Gasteiger partial charge in [-0.15, -0.1) is 0 Å². The van der Waals surface area contributed by atoms with Gasteiger partial charge in [0.25, 0.3) is 11.8 Å². The molecule has 0 bridgehead atoms. The van der Waals surface area contributed by atoms with E-state index in [-0.39, 0.29) is 47.3 Å². The summed E-state index contributed by atoms with van der Waals surface area (Å²) < 4.78 is 51.2. The van der Waals surface area contributed by atoms with Crippen LogP contribution in [0.5, 0.6) is 5.75 Å². The molecule has 0 saturated carbocycles. The predicted molar refractivity (Wildman–Crippen MR) is 202 cm³/mol. The normalized spacial score (nSPS) is 16.8. The summed E-state index contributed by atoms with van der Waals surface area (Å²) in [6.45, 7) is 3.12. The van der Waals surface area contributed by atoms with Crippen molar-refractivity contribution in [2.24, 2.45) is 0 Å². The van der Waals surface area contributed by atoms with Crippen molar-refractivity contribution in [3.05, 3.63) is 141 Å². The van der Waals surface area contributed by atoms with Crippen molar-refractivity contribution in [2.45, 2.75) is 37.8 Å². The van der Waals surface area contributed by atoms with Crippen LogP contribution >= 0.6 is 0 Å². The highest BCUT2D eigenvalue weighted by Crippen LogP contribution is 2.48. The smallest absolute Gasteiger partial charge is 0.263 e. The summed E-state index contributed by atoms with van der Waals surface area (Å²) in [7, 11) is 0. The van der Waals surface area contributed by atoms with Gasteiger partial charge in [0, 0.05) is 73.2 Å². The molecule has 0 aliphatic carbocycles. The number of amides is 2. The van der Waals surface area contributed by atoms with Crippen molar-refractivity contribution in [3.8, 4) is 17.0 Å². The van der Waals surface area contributed by atoms with E-state index in [9.17, 15) is 27.6 Å². The third kappa shape index (κ3) is 5.92. The lowest BCUT2D eigenvalue weighted by Gasteiger charge is -2.40. The lowest BCUT2D eigenvalue weighted by molar-refractivity contribution is 0.0670. The largest absolute Gasteiger partial charge is 0.486 e. The van der Waals surface area contributed by atoms with Gasteiger partial charge >= 0.3 is 0 Å². The van der Waals surface area contributed by atoms with E-state index in [1.54, 1.807) is 47.1 Å². The van der Waals surface area contributed by atoms with Crippen LogP contribution in [0.25, 0.3) is 22.2 Å². The maximum Gasteiger partial charge on any atom is 0.263 e. The predicted octanol–water partition coefficient (Wildman–Crippen LogP) is 6.67. The average Bonchev–Trinajstić information content (AvgIpc) is 3.53. The molecule has 9 rings (SSSR count). The number of benzene rings is 3. The number of halogens is 3. The summed E-state index contributed by atoms with van der Waals surface area (Å²) in [5, 5.41) is 3.06. The Kier molecular flexibility index (Phi) is 8.55. The number of nitrogens with zero attached hydrogens (tertiary/aromatic N) is 6. The van der Waals surface area contributed by atoms with Gasteiger partial charge in [-0.1, -0.05) is 12.1 Å². The summed E-state index contributed by atoms with van der Waals surface area (Å²) in [5.41, 5.74) is 2.61. The molecule has 56 heavy (non-hydrogen) atoms. The molecule has 3 aliphatic rings. The molecule has 1 atom stereocenters. The third-order valence-electron chi connectivity index (χ3n) is 11.1. The second-order valence-electron chi connectivity index (χ2n) is 14.5. The molecule has 6 aromatic rings. The minimum absolute atomic E-state index is 0.0167. The van der Waals surface area contributed by atoms with Gasteiger partial charge in [0.15, 0.2) is 11.6 Å². The number of fused-ring (bicyclic) bond motifs is 2. The molecular weight excluding hydrogens is 724 g/mol. The van der Waals surface area contributed by atoms with E-state index in [0.29, 0.717) is 55.2 Å². The van der Waals surface area contributed by atoms with Crippen LogP contribution in [0.15, 0.2) is 96.3 Å². The molecule has 14 heteroatoms. The first kappa shape index (κ1) is 35.2. The van der Waals surface area contributed by atoms with E-state index in [1.807, 2.05) is 30.3 Å². The Morgan fingerprint density at radius 3 is 2.55 bits per heavy atom. The van der Waals surface area contributed by atoms with Gasteiger partial charge in [-0.05, 0) is 85.5 Å². The van der Waals surface area contributed by atoms with Crippen molar-refractivity contribution < 1.29 is 27.5 Å². The van der Waals surface area contributed by atoms with E-state index >= 15 is 0 Å². The summed E-state index contributed by atoms with van der Waals surface area (Å²) in [6, 6.07) is 17.5. The Morgan fingerprint density at radius 1 is 0.982 bits per heavy atom. The summed E-state index contributed by atoms with van der Waals surface area (Å²) in [6.07, 6.45) is 7.40. The Bertz CT molecular complexity index is 2610. The van der Waals surface area contributed by atoms with Crippen LogP contribution in [0.1, 0.15) is 57.7 Å². The molecule has 3 aromatic heterocycles. The number of likely N-dealkylation sites (tertiary alicyclic amines) is 1. The zero-order chi connectivity index (χ0) is 38.7. The number of pyridine rings is 2. The highest BCUT2D eigenvalue weighted by Gasteiger charge is 2.48. The topological polar surface area (TPSA) is 123 Å². The SMILES string of the molecule is C[C@H]1COc2c(F)c(F)cc3c(=O)c(C(=O)N4CC5(CCN(C(=O)c6ccc(CNc7nccc(-c8cccnc8)n7)cc6)CC5)c5cc(F)ccc54)cn1c23. The Labute approximate surface area is 318 Å². The molecule has 1 spiro atoms. The lowest BCUT2D eigenvalue weighted by Crippen LogP contribution is -2.48. The first-order valence-electron chi connectivity index (χ1n) is 18.3. The standard InChI is InChI=1S/C42H34F3N7O4/c1-24-22-56-38-35(45)32(44)18-29-36(38)51(24)21-30(37(29)53)40(55)52-23-42(31-17-28(43)8-9-34(31)52)11-15-50(16-12-42)39(54)26-6-4-25(5-7-26)19-48-41-47-14-10-33(49-41)27-3-2-13-46-20-27/h2-10,13-14,17-18,20-21,24H,11-12,15-16,19,22-23H2,1H3,(H,47,48,49)/t24-/m0/s1. The van der Waals surface area contributed by atoms with Crippen LogP contribution in [0, 0.1) is 17.5 Å². The molecule has 282 valence electrons. The van der Waals surface area contributed by atoms with Crippen LogP contribution in [0.3, 0.4) is 0 Å². The second-order valence-corrected chi connectivity index (χ2v) is 14.5. The van der Waals surface area contributed by atoms with Gasteiger partial charge in [-0.2, -0.15) is 4.39 Å². The van der Waals surface area contributed by atoms with E-state index in [1.165, 1.54) is 29.3 Å². The second kappa shape index (κ2) is 13.6. The van der Waals surface area contributed by atoms with Crippen molar-refractivity contribution in [2.75, 3.05) is 36.5 Å². The molecule has 3 aromatic carbocycles. The Morgan fingerprint density at radius 2 is 1.79 bits per heavy atom. The highest BCUT2D eigenvalue weighted by atomic mass is 19.2. The number of nitrogens with one attached hydrogen (secondary N) is 1. The number of hydrogen-bond acceptors (Lipinski definition) is 8. The van der Waals surface area contributed by atoms with E-state index in [0.717, 1.165) is 22.9 Å². The number of aromatic nitrogens is 4. The van der Waals surface area contributed by atoms with Crippen LogP contribution in [0.2, 0.25) is 0 Å². The van der Waals surface area contributed by atoms with Gasteiger partial charge in [-0.3, -0.25) is 19.4 Å². The summed E-state index contributed by atoms with van der Waals surface area (Å²) in [5.74, 6) is -3.58. The maximum atomic E-state index is 14.8. The fraction of sp³-hybridized carbons (Fsp3) is 0.238. The quantitative estimate of drug-likeness (QED) is 0.200. The summed E-state index contributed by atoms with van der Waals surface area (Å²) in [4.78, 5) is 58.1. The van der Waals surface area contributed by atoms with Gasteiger partial charge in [-0.25, -0.2) is 18.7 Å². The summed E-state index contributed by atoms with van der Waals surface area (Å²) >= 11 is 0. The molecule has 0 unspecified atom stereocenters. The molecule has 1 saturated heterocycles. The van der Waals surface area contributed by atoms with Crippen molar-refractivity contribution >= 4 is 34.4 Å². The maximum absolute atomic E-state index is 14.8. The van der Waals surface area contributed by atoms with Gasteiger partial charge in [0.1, 0.15) is 18.0 Å². The van der Waals surface area contributed by atoms with E-state index < -0.39 is 34.2 Å². The zero-order valence-electron chi connectivity index (χ0n) is 30.1. The van der Waals surface area contributed by atoms with Crippen molar-refractivity contribution in [3.63, 3.8) is 0 Å². The molecule has 11 nitrogen and oxygen atoms in total. The number of piperidine rings is 1. The Hall–Kier alpha value is -6.57. The van der Waals surface area contributed by atoms with Crippen LogP contribution in [0.4, 0.5) is 24.8 Å². The Balaban J connectivity index is 0.910. The minimum atomic E-state index is -1.25. The van der Waals surface area contributed by atoms with Crippen LogP contribution < -0.4 is 20.4 Å². The molecule has 6 heterocycles. The first-order valence-corrected chi connectivity index (χ1v) is 18.3. The first-order chi connectivity index (χ1) is 27.1. The number of hydrogen-bond donors (Lipinski definition) is 1. The number of carbonyl (C=O) groups excluding carboxylic acids is 2. The number of anilines is 2. The lowest BCUT2D eigenvalue weighted by atomic mass is 9.74. The molecule has 3 aliphatic heterocycles. The molecule has 0 radical (unpaired) electrons. The zero-order valence-corrected chi connectivity index (χ0v) is 30.1. The van der Waals surface area contributed by atoms with E-state index in [4.69, 9.17) is 4.74 Å². The molecule has 1 N–H and O–H groups in total. The fourth-order valence-electron chi connectivity index (χ4n) is 8.13. The minimum Gasteiger partial charge on any atom is -0.486 e. The molecular formula is C42H34F3N7O4. The van der Waals surface area contributed by atoms with E-state index in [2.05, 4.69) is 20.3 Å². The van der Waals surface area contributed by atoms with Crippen molar-refractivity contribution in [1.82, 2.24) is 24.4 Å². The average molecular weight is 758 g/mol. The van der Waals surface area contributed by atoms with Crippen molar-refractivity contribution in [1.29, 1.82) is 0 Å². The molecule has 2 amide bonds. The number of carbonyl (C=O) groups is 2. The van der Waals surface area contributed by atoms with Crippen LogP contribution in [-0.2, 0) is 12.0 Å². The van der Waals surface area contributed by atoms with Gasteiger partial charge in [0.2, 0.25) is 17.2 Å². The monoisotopic (exact) mass is 757 g/mol. The number of ether oxygens (including phenoxy) is 1. The van der Waals surface area contributed by atoms with Crippen LogP contribution in [-0.4, -0.2) is 62.5 Å².